The maximum atomic E-state index is 12.4. The van der Waals surface area contributed by atoms with Crippen molar-refractivity contribution in [1.29, 1.82) is 5.41 Å². The second-order valence-electron chi connectivity index (χ2n) is 6.81. The molecule has 0 radical (unpaired) electrons. The minimum Gasteiger partial charge on any atom is -0.370 e. The molecule has 23 heavy (non-hydrogen) atoms. The van der Waals surface area contributed by atoms with Gasteiger partial charge >= 0.3 is 0 Å². The first-order chi connectivity index (χ1) is 11.0. The zero-order valence-electron chi connectivity index (χ0n) is 13.9. The van der Waals surface area contributed by atoms with Crippen molar-refractivity contribution in [1.82, 2.24) is 16.0 Å². The van der Waals surface area contributed by atoms with Gasteiger partial charge < -0.3 is 21.7 Å². The number of nitrogens with two attached hydrogens (primary N) is 1. The molecule has 6 N–H and O–H groups in total. The molecule has 2 amide bonds. The lowest BCUT2D eigenvalue weighted by Gasteiger charge is -2.36. The highest BCUT2D eigenvalue weighted by atomic mass is 16.2. The molecule has 2 rings (SSSR count). The highest BCUT2D eigenvalue weighted by Crippen LogP contribution is 2.58. The first kappa shape index (κ1) is 17.6. The summed E-state index contributed by atoms with van der Waals surface area (Å²) in [6.45, 7) is 3.37. The number of amides is 2. The van der Waals surface area contributed by atoms with Gasteiger partial charge in [0, 0.05) is 19.0 Å². The Hall–Kier alpha value is -1.79. The van der Waals surface area contributed by atoms with Crippen LogP contribution in [-0.4, -0.2) is 36.9 Å². The molecular formula is C16H29N5O2. The molecular weight excluding hydrogens is 294 g/mol. The molecule has 0 aromatic heterocycles. The maximum absolute atomic E-state index is 12.4. The Bertz CT molecular complexity index is 461. The molecule has 1 spiro atoms. The lowest BCUT2D eigenvalue weighted by Crippen LogP contribution is -2.55. The van der Waals surface area contributed by atoms with Gasteiger partial charge in [-0.3, -0.25) is 15.0 Å². The molecule has 0 aromatic carbocycles. The number of unbranched alkanes of at least 4 members (excludes halogenated alkanes) is 1. The smallest absolute Gasteiger partial charge is 0.242 e. The fourth-order valence-corrected chi connectivity index (χ4v) is 3.50. The van der Waals surface area contributed by atoms with Crippen LogP contribution in [0, 0.1) is 16.7 Å². The molecule has 1 saturated carbocycles. The topological polar surface area (TPSA) is 120 Å². The van der Waals surface area contributed by atoms with Crippen molar-refractivity contribution >= 4 is 17.8 Å². The third-order valence-electron chi connectivity index (χ3n) is 5.01. The Labute approximate surface area is 137 Å². The van der Waals surface area contributed by atoms with E-state index in [0.717, 1.165) is 44.9 Å². The van der Waals surface area contributed by atoms with Crippen molar-refractivity contribution < 1.29 is 9.59 Å². The van der Waals surface area contributed by atoms with Crippen LogP contribution in [0.1, 0.15) is 51.9 Å². The lowest BCUT2D eigenvalue weighted by molar-refractivity contribution is -0.137. The predicted molar refractivity (Wildman–Crippen MR) is 88.8 cm³/mol. The number of carbonyl (C=O) groups excluding carboxylic acids is 2. The van der Waals surface area contributed by atoms with Crippen molar-refractivity contribution in [3.8, 4) is 0 Å². The van der Waals surface area contributed by atoms with E-state index in [2.05, 4.69) is 22.9 Å². The molecule has 2 fully saturated rings. The van der Waals surface area contributed by atoms with Crippen LogP contribution in [0.2, 0.25) is 0 Å². The molecule has 1 heterocycles. The Morgan fingerprint density at radius 1 is 1.35 bits per heavy atom. The number of hydrogen-bond donors (Lipinski definition) is 5. The summed E-state index contributed by atoms with van der Waals surface area (Å²) in [4.78, 5) is 24.6. The number of carbonyl (C=O) groups is 2. The van der Waals surface area contributed by atoms with Crippen LogP contribution in [0.4, 0.5) is 0 Å². The Morgan fingerprint density at radius 2 is 2.04 bits per heavy atom. The van der Waals surface area contributed by atoms with E-state index in [1.54, 1.807) is 0 Å². The van der Waals surface area contributed by atoms with Crippen LogP contribution < -0.4 is 21.7 Å². The number of rotatable bonds is 8. The van der Waals surface area contributed by atoms with Gasteiger partial charge in [-0.15, -0.1) is 0 Å². The average molecular weight is 323 g/mol. The largest absolute Gasteiger partial charge is 0.370 e. The van der Waals surface area contributed by atoms with Gasteiger partial charge in [0.25, 0.3) is 0 Å². The van der Waals surface area contributed by atoms with Gasteiger partial charge in [0.15, 0.2) is 5.96 Å². The SMILES string of the molecule is CCCCNC(=O)[C@H]1CC2(CC2)[C@@H](CCCNC(=N)N)C(=O)N1. The maximum Gasteiger partial charge on any atom is 0.242 e. The Morgan fingerprint density at radius 3 is 2.65 bits per heavy atom. The highest BCUT2D eigenvalue weighted by molar-refractivity contribution is 5.90. The summed E-state index contributed by atoms with van der Waals surface area (Å²) in [6.07, 6.45) is 6.39. The van der Waals surface area contributed by atoms with Gasteiger partial charge in [-0.25, -0.2) is 0 Å². The summed E-state index contributed by atoms with van der Waals surface area (Å²) < 4.78 is 0. The van der Waals surface area contributed by atoms with Crippen molar-refractivity contribution in [3.05, 3.63) is 0 Å². The standard InChI is InChI=1S/C16H29N5O2/c1-2-3-8-19-14(23)12-10-16(6-7-16)11(13(22)21-12)5-4-9-20-15(17)18/h11-12H,2-10H2,1H3,(H,19,23)(H,21,22)(H4,17,18,20)/t11-,12+/m0/s1. The molecule has 7 nitrogen and oxygen atoms in total. The van der Waals surface area contributed by atoms with E-state index in [1.807, 2.05) is 0 Å². The number of piperidine rings is 1. The third kappa shape index (κ3) is 4.59. The van der Waals surface area contributed by atoms with Crippen LogP contribution in [0.25, 0.3) is 0 Å². The van der Waals surface area contributed by atoms with Crippen molar-refractivity contribution in [2.24, 2.45) is 17.1 Å². The van der Waals surface area contributed by atoms with Gasteiger partial charge in [0.05, 0.1) is 0 Å². The van der Waals surface area contributed by atoms with Gasteiger partial charge in [-0.1, -0.05) is 13.3 Å². The van der Waals surface area contributed by atoms with E-state index < -0.39 is 0 Å². The van der Waals surface area contributed by atoms with Gasteiger partial charge in [0.1, 0.15) is 6.04 Å². The van der Waals surface area contributed by atoms with Crippen LogP contribution >= 0.6 is 0 Å². The molecule has 1 aliphatic heterocycles. The fraction of sp³-hybridized carbons (Fsp3) is 0.812. The zero-order chi connectivity index (χ0) is 16.9. The van der Waals surface area contributed by atoms with Crippen LogP contribution in [0.15, 0.2) is 0 Å². The zero-order valence-corrected chi connectivity index (χ0v) is 13.9. The molecule has 7 heteroatoms. The molecule has 1 saturated heterocycles. The quantitative estimate of drug-likeness (QED) is 0.253. The molecule has 0 bridgehead atoms. The second-order valence-corrected chi connectivity index (χ2v) is 6.81. The van der Waals surface area contributed by atoms with E-state index >= 15 is 0 Å². The average Bonchev–Trinajstić information content (AvgIpc) is 3.25. The summed E-state index contributed by atoms with van der Waals surface area (Å²) in [5, 5.41) is 15.7. The van der Waals surface area contributed by atoms with E-state index in [9.17, 15) is 9.59 Å². The first-order valence-corrected chi connectivity index (χ1v) is 8.64. The van der Waals surface area contributed by atoms with Gasteiger partial charge in [-0.2, -0.15) is 0 Å². The normalized spacial score (nSPS) is 24.8. The summed E-state index contributed by atoms with van der Waals surface area (Å²) in [7, 11) is 0. The van der Waals surface area contributed by atoms with Crippen molar-refractivity contribution in [2.45, 2.75) is 57.9 Å². The van der Waals surface area contributed by atoms with Crippen LogP contribution in [0.5, 0.6) is 0 Å². The molecule has 1 aliphatic carbocycles. The fourth-order valence-electron chi connectivity index (χ4n) is 3.50. The van der Waals surface area contributed by atoms with E-state index in [1.165, 1.54) is 0 Å². The van der Waals surface area contributed by atoms with Gasteiger partial charge in [0.2, 0.25) is 11.8 Å². The Kier molecular flexibility index (Phi) is 5.85. The van der Waals surface area contributed by atoms with Crippen LogP contribution in [0.3, 0.4) is 0 Å². The minimum absolute atomic E-state index is 0.00668. The van der Waals surface area contributed by atoms with Crippen molar-refractivity contribution in [3.63, 3.8) is 0 Å². The number of guanidine groups is 1. The minimum atomic E-state index is -0.381. The summed E-state index contributed by atoms with van der Waals surface area (Å²) >= 11 is 0. The first-order valence-electron chi connectivity index (χ1n) is 8.64. The van der Waals surface area contributed by atoms with E-state index in [4.69, 9.17) is 11.1 Å². The molecule has 2 aliphatic rings. The highest BCUT2D eigenvalue weighted by Gasteiger charge is 2.56. The third-order valence-corrected chi connectivity index (χ3v) is 5.01. The van der Waals surface area contributed by atoms with E-state index in [0.29, 0.717) is 13.1 Å². The Balaban J connectivity index is 1.83. The van der Waals surface area contributed by atoms with Gasteiger partial charge in [-0.05, 0) is 43.9 Å². The number of nitrogens with one attached hydrogen (secondary N) is 4. The summed E-state index contributed by atoms with van der Waals surface area (Å²) in [5.41, 5.74) is 5.27. The monoisotopic (exact) mass is 323 g/mol. The summed E-state index contributed by atoms with van der Waals surface area (Å²) in [6, 6.07) is -0.381. The molecule has 130 valence electrons. The summed E-state index contributed by atoms with van der Waals surface area (Å²) in [5.74, 6) is -0.0963. The second kappa shape index (κ2) is 7.66. The van der Waals surface area contributed by atoms with Crippen molar-refractivity contribution in [2.75, 3.05) is 13.1 Å². The number of hydrogen-bond acceptors (Lipinski definition) is 3. The molecule has 2 atom stereocenters. The van der Waals surface area contributed by atoms with E-state index in [-0.39, 0.29) is 35.1 Å². The van der Waals surface area contributed by atoms with Crippen LogP contribution in [-0.2, 0) is 9.59 Å². The molecule has 0 unspecified atom stereocenters. The lowest BCUT2D eigenvalue weighted by atomic mass is 9.76. The predicted octanol–water partition coefficient (Wildman–Crippen LogP) is 0.451. The molecule has 0 aromatic rings.